The molecule has 0 spiro atoms. The Balaban J connectivity index is 1.62. The number of nitrogens with zero attached hydrogens (tertiary/aromatic N) is 1. The van der Waals surface area contributed by atoms with Gasteiger partial charge in [0.05, 0.1) is 5.69 Å². The molecule has 3 nitrogen and oxygen atoms in total. The first kappa shape index (κ1) is 15.5. The predicted molar refractivity (Wildman–Crippen MR) is 104 cm³/mol. The van der Waals surface area contributed by atoms with Gasteiger partial charge in [-0.2, -0.15) is 0 Å². The minimum Gasteiger partial charge on any atom is -0.298 e. The maximum absolute atomic E-state index is 12.3. The fraction of sp³-hybridized carbons (Fsp3) is 0.0476. The van der Waals surface area contributed by atoms with Crippen LogP contribution in [-0.2, 0) is 0 Å². The molecule has 0 saturated carbocycles. The number of amides is 1. The van der Waals surface area contributed by atoms with E-state index >= 15 is 0 Å². The highest BCUT2D eigenvalue weighted by Gasteiger charge is 2.11. The Morgan fingerprint density at radius 3 is 2.56 bits per heavy atom. The molecule has 3 aromatic carbocycles. The van der Waals surface area contributed by atoms with Gasteiger partial charge in [-0.15, -0.1) is 11.3 Å². The number of hydrogen-bond acceptors (Lipinski definition) is 3. The van der Waals surface area contributed by atoms with Crippen LogP contribution >= 0.6 is 11.3 Å². The first-order chi connectivity index (χ1) is 12.2. The Hall–Kier alpha value is -2.98. The van der Waals surface area contributed by atoms with E-state index in [1.54, 1.807) is 0 Å². The van der Waals surface area contributed by atoms with Crippen LogP contribution in [0, 0.1) is 6.92 Å². The molecule has 0 unspecified atom stereocenters. The van der Waals surface area contributed by atoms with E-state index in [9.17, 15) is 4.79 Å². The standard InChI is InChI=1S/C21H16N2OS/c1-14-9-11-16(12-10-14)20(24)23-21-22-19(13-25-21)18-8-4-6-15-5-2-3-7-17(15)18/h2-13H,1H3,(H,22,23,24). The topological polar surface area (TPSA) is 42.0 Å². The van der Waals surface area contributed by atoms with E-state index in [0.29, 0.717) is 10.7 Å². The Bertz CT molecular complexity index is 1050. The summed E-state index contributed by atoms with van der Waals surface area (Å²) in [7, 11) is 0. The van der Waals surface area contributed by atoms with Gasteiger partial charge in [-0.25, -0.2) is 4.98 Å². The van der Waals surface area contributed by atoms with Crippen LogP contribution in [0.25, 0.3) is 22.0 Å². The fourth-order valence-corrected chi connectivity index (χ4v) is 3.48. The van der Waals surface area contributed by atoms with E-state index in [0.717, 1.165) is 22.2 Å². The van der Waals surface area contributed by atoms with Gasteiger partial charge in [0.15, 0.2) is 5.13 Å². The molecule has 1 amide bonds. The summed E-state index contributed by atoms with van der Waals surface area (Å²) in [5.74, 6) is -0.140. The van der Waals surface area contributed by atoms with Gasteiger partial charge in [-0.3, -0.25) is 10.1 Å². The van der Waals surface area contributed by atoms with Crippen molar-refractivity contribution in [2.24, 2.45) is 0 Å². The number of aromatic nitrogens is 1. The third kappa shape index (κ3) is 3.16. The minimum atomic E-state index is -0.140. The average Bonchev–Trinajstić information content (AvgIpc) is 3.10. The number of aryl methyl sites for hydroxylation is 1. The summed E-state index contributed by atoms with van der Waals surface area (Å²) in [6.45, 7) is 2.00. The van der Waals surface area contributed by atoms with Gasteiger partial charge in [-0.05, 0) is 29.8 Å². The van der Waals surface area contributed by atoms with Gasteiger partial charge in [0, 0.05) is 16.5 Å². The van der Waals surface area contributed by atoms with Crippen molar-refractivity contribution in [3.63, 3.8) is 0 Å². The van der Waals surface area contributed by atoms with Gasteiger partial charge >= 0.3 is 0 Å². The lowest BCUT2D eigenvalue weighted by atomic mass is 10.0. The smallest absolute Gasteiger partial charge is 0.257 e. The van der Waals surface area contributed by atoms with Crippen LogP contribution in [0.15, 0.2) is 72.1 Å². The molecular weight excluding hydrogens is 328 g/mol. The zero-order valence-electron chi connectivity index (χ0n) is 13.7. The second kappa shape index (κ2) is 6.49. The molecular formula is C21H16N2OS. The Kier molecular flexibility index (Phi) is 4.04. The molecule has 1 N–H and O–H groups in total. The summed E-state index contributed by atoms with van der Waals surface area (Å²) >= 11 is 1.44. The zero-order chi connectivity index (χ0) is 17.2. The number of nitrogens with one attached hydrogen (secondary N) is 1. The number of fused-ring (bicyclic) bond motifs is 1. The first-order valence-electron chi connectivity index (χ1n) is 8.02. The van der Waals surface area contributed by atoms with Crippen molar-refractivity contribution < 1.29 is 4.79 Å². The molecule has 0 aliphatic rings. The number of anilines is 1. The number of benzene rings is 3. The van der Waals surface area contributed by atoms with Gasteiger partial charge in [0.25, 0.3) is 5.91 Å². The molecule has 0 aliphatic carbocycles. The number of thiazole rings is 1. The molecule has 0 saturated heterocycles. The highest BCUT2D eigenvalue weighted by molar-refractivity contribution is 7.14. The lowest BCUT2D eigenvalue weighted by molar-refractivity contribution is 0.102. The maximum Gasteiger partial charge on any atom is 0.257 e. The van der Waals surface area contributed by atoms with Crippen molar-refractivity contribution in [1.29, 1.82) is 0 Å². The molecule has 0 fully saturated rings. The van der Waals surface area contributed by atoms with Crippen LogP contribution in [0.5, 0.6) is 0 Å². The second-order valence-electron chi connectivity index (χ2n) is 5.88. The van der Waals surface area contributed by atoms with Gasteiger partial charge in [0.1, 0.15) is 0 Å². The lowest BCUT2D eigenvalue weighted by Crippen LogP contribution is -2.11. The molecule has 0 bridgehead atoms. The van der Waals surface area contributed by atoms with Crippen LogP contribution in [0.2, 0.25) is 0 Å². The van der Waals surface area contributed by atoms with Crippen LogP contribution < -0.4 is 5.32 Å². The van der Waals surface area contributed by atoms with Crippen LogP contribution in [0.3, 0.4) is 0 Å². The molecule has 1 aromatic heterocycles. The Morgan fingerprint density at radius 1 is 0.960 bits per heavy atom. The van der Waals surface area contributed by atoms with E-state index in [-0.39, 0.29) is 5.91 Å². The zero-order valence-corrected chi connectivity index (χ0v) is 14.5. The van der Waals surface area contributed by atoms with Crippen molar-refractivity contribution in [1.82, 2.24) is 4.98 Å². The SMILES string of the molecule is Cc1ccc(C(=O)Nc2nc(-c3cccc4ccccc34)cs2)cc1. The summed E-state index contributed by atoms with van der Waals surface area (Å²) in [6, 6.07) is 21.9. The van der Waals surface area contributed by atoms with E-state index in [4.69, 9.17) is 0 Å². The van der Waals surface area contributed by atoms with Gasteiger partial charge < -0.3 is 0 Å². The number of rotatable bonds is 3. The van der Waals surface area contributed by atoms with Crippen molar-refractivity contribution in [3.8, 4) is 11.3 Å². The van der Waals surface area contributed by atoms with E-state index < -0.39 is 0 Å². The van der Waals surface area contributed by atoms with Crippen molar-refractivity contribution >= 4 is 33.1 Å². The van der Waals surface area contributed by atoms with Crippen molar-refractivity contribution in [2.75, 3.05) is 5.32 Å². The summed E-state index contributed by atoms with van der Waals surface area (Å²) < 4.78 is 0. The molecule has 4 rings (SSSR count). The molecule has 1 heterocycles. The third-order valence-electron chi connectivity index (χ3n) is 4.10. The summed E-state index contributed by atoms with van der Waals surface area (Å²) in [4.78, 5) is 16.9. The molecule has 0 radical (unpaired) electrons. The second-order valence-corrected chi connectivity index (χ2v) is 6.74. The first-order valence-corrected chi connectivity index (χ1v) is 8.90. The van der Waals surface area contributed by atoms with Crippen LogP contribution in [0.4, 0.5) is 5.13 Å². The maximum atomic E-state index is 12.3. The summed E-state index contributed by atoms with van der Waals surface area (Å²) in [6.07, 6.45) is 0. The minimum absolute atomic E-state index is 0.140. The molecule has 4 heteroatoms. The molecule has 25 heavy (non-hydrogen) atoms. The summed E-state index contributed by atoms with van der Waals surface area (Å²) in [5, 5.41) is 7.81. The highest BCUT2D eigenvalue weighted by Crippen LogP contribution is 2.31. The molecule has 4 aromatic rings. The molecule has 122 valence electrons. The number of carbonyl (C=O) groups is 1. The Labute approximate surface area is 150 Å². The van der Waals surface area contributed by atoms with Crippen LogP contribution in [-0.4, -0.2) is 10.9 Å². The third-order valence-corrected chi connectivity index (χ3v) is 4.86. The average molecular weight is 344 g/mol. The normalized spacial score (nSPS) is 10.8. The quantitative estimate of drug-likeness (QED) is 0.531. The van der Waals surface area contributed by atoms with Gasteiger partial charge in [0.2, 0.25) is 0 Å². The highest BCUT2D eigenvalue weighted by atomic mass is 32.1. The van der Waals surface area contributed by atoms with Crippen molar-refractivity contribution in [2.45, 2.75) is 6.92 Å². The van der Waals surface area contributed by atoms with Crippen LogP contribution in [0.1, 0.15) is 15.9 Å². The number of carbonyl (C=O) groups excluding carboxylic acids is 1. The van der Waals surface area contributed by atoms with Crippen molar-refractivity contribution in [3.05, 3.63) is 83.2 Å². The Morgan fingerprint density at radius 2 is 1.72 bits per heavy atom. The monoisotopic (exact) mass is 344 g/mol. The van der Waals surface area contributed by atoms with E-state index in [1.165, 1.54) is 16.7 Å². The van der Waals surface area contributed by atoms with Gasteiger partial charge in [-0.1, -0.05) is 60.2 Å². The molecule has 0 atom stereocenters. The van der Waals surface area contributed by atoms with E-state index in [1.807, 2.05) is 54.8 Å². The van der Waals surface area contributed by atoms with E-state index in [2.05, 4.69) is 34.6 Å². The fourth-order valence-electron chi connectivity index (χ4n) is 2.78. The predicted octanol–water partition coefficient (Wildman–Crippen LogP) is 5.52. The largest absolute Gasteiger partial charge is 0.298 e. The lowest BCUT2D eigenvalue weighted by Gasteiger charge is -2.04. The number of hydrogen-bond donors (Lipinski definition) is 1. The molecule has 0 aliphatic heterocycles. The summed E-state index contributed by atoms with van der Waals surface area (Å²) in [5.41, 5.74) is 3.71.